The lowest BCUT2D eigenvalue weighted by Gasteiger charge is -2.24. The maximum absolute atomic E-state index is 12.1. The minimum absolute atomic E-state index is 0.150. The maximum Gasteiger partial charge on any atom is 0.326 e. The molecule has 138 valence electrons. The average Bonchev–Trinajstić information content (AvgIpc) is 2.41. The van der Waals surface area contributed by atoms with Crippen LogP contribution in [0.15, 0.2) is 0 Å². The predicted octanol–water partition coefficient (Wildman–Crippen LogP) is -2.33. The Morgan fingerprint density at radius 3 is 1.96 bits per heavy atom. The van der Waals surface area contributed by atoms with Crippen molar-refractivity contribution < 1.29 is 29.4 Å². The van der Waals surface area contributed by atoms with Crippen molar-refractivity contribution in [2.75, 3.05) is 0 Å². The van der Waals surface area contributed by atoms with Crippen molar-refractivity contribution in [1.29, 1.82) is 0 Å². The quantitative estimate of drug-likeness (QED) is 0.256. The molecule has 0 aromatic rings. The van der Waals surface area contributed by atoms with Gasteiger partial charge in [0.25, 0.3) is 0 Å². The Kier molecular flexibility index (Phi) is 8.93. The predicted molar refractivity (Wildman–Crippen MR) is 84.4 cm³/mol. The number of aliphatic hydroxyl groups is 1. The number of amides is 3. The third-order valence-corrected chi connectivity index (χ3v) is 3.14. The second-order valence-electron chi connectivity index (χ2n) is 6.03. The van der Waals surface area contributed by atoms with Gasteiger partial charge >= 0.3 is 5.97 Å². The third kappa shape index (κ3) is 7.88. The van der Waals surface area contributed by atoms with E-state index in [0.717, 1.165) is 0 Å². The lowest BCUT2D eigenvalue weighted by Crippen LogP contribution is -2.58. The molecule has 0 bridgehead atoms. The highest BCUT2D eigenvalue weighted by Crippen LogP contribution is 2.04. The van der Waals surface area contributed by atoms with Gasteiger partial charge in [-0.15, -0.1) is 0 Å². The van der Waals surface area contributed by atoms with Crippen LogP contribution >= 0.6 is 0 Å². The molecule has 10 heteroatoms. The molecule has 10 nitrogen and oxygen atoms in total. The van der Waals surface area contributed by atoms with Gasteiger partial charge in [-0.05, 0) is 19.3 Å². The van der Waals surface area contributed by atoms with Gasteiger partial charge in [0.1, 0.15) is 12.1 Å². The zero-order valence-corrected chi connectivity index (χ0v) is 14.0. The SMILES string of the molecule is CC(C)CC(N)C(=O)NC(C(=O)NC(CC(N)=O)C(=O)O)C(C)O. The molecule has 0 rings (SSSR count). The molecule has 0 heterocycles. The molecule has 0 aliphatic carbocycles. The molecular weight excluding hydrogens is 320 g/mol. The summed E-state index contributed by atoms with van der Waals surface area (Å²) in [5.74, 6) is -3.83. The van der Waals surface area contributed by atoms with Crippen molar-refractivity contribution in [3.63, 3.8) is 0 Å². The van der Waals surface area contributed by atoms with Gasteiger partial charge in [-0.25, -0.2) is 4.79 Å². The summed E-state index contributed by atoms with van der Waals surface area (Å²) in [6.45, 7) is 4.99. The Bertz CT molecular complexity index is 480. The Balaban J connectivity index is 4.97. The molecule has 0 aliphatic rings. The summed E-state index contributed by atoms with van der Waals surface area (Å²) in [4.78, 5) is 46.0. The fourth-order valence-corrected chi connectivity index (χ4v) is 1.94. The summed E-state index contributed by atoms with van der Waals surface area (Å²) in [5, 5.41) is 23.0. The number of nitrogens with one attached hydrogen (secondary N) is 2. The lowest BCUT2D eigenvalue weighted by atomic mass is 10.0. The molecule has 0 aromatic carbocycles. The minimum Gasteiger partial charge on any atom is -0.480 e. The van der Waals surface area contributed by atoms with Crippen molar-refractivity contribution in [2.45, 2.75) is 57.8 Å². The number of aliphatic hydroxyl groups excluding tert-OH is 1. The number of carboxylic acids is 1. The Hall–Kier alpha value is -2.20. The third-order valence-electron chi connectivity index (χ3n) is 3.14. The van der Waals surface area contributed by atoms with Gasteiger partial charge in [-0.3, -0.25) is 14.4 Å². The van der Waals surface area contributed by atoms with Crippen LogP contribution in [-0.2, 0) is 19.2 Å². The van der Waals surface area contributed by atoms with Gasteiger partial charge in [-0.1, -0.05) is 13.8 Å². The van der Waals surface area contributed by atoms with Gasteiger partial charge in [-0.2, -0.15) is 0 Å². The number of aliphatic carboxylic acids is 1. The number of hydrogen-bond donors (Lipinski definition) is 6. The molecule has 0 radical (unpaired) electrons. The van der Waals surface area contributed by atoms with Crippen LogP contribution in [0.5, 0.6) is 0 Å². The second kappa shape index (κ2) is 9.83. The second-order valence-corrected chi connectivity index (χ2v) is 6.03. The molecule has 4 atom stereocenters. The van der Waals surface area contributed by atoms with E-state index in [9.17, 15) is 24.3 Å². The Morgan fingerprint density at radius 1 is 1.04 bits per heavy atom. The van der Waals surface area contributed by atoms with Crippen LogP contribution in [0, 0.1) is 5.92 Å². The Labute approximate surface area is 139 Å². The van der Waals surface area contributed by atoms with Crippen LogP contribution in [0.2, 0.25) is 0 Å². The summed E-state index contributed by atoms with van der Waals surface area (Å²) in [7, 11) is 0. The minimum atomic E-state index is -1.56. The van der Waals surface area contributed by atoms with Gasteiger partial charge < -0.3 is 32.3 Å². The first-order valence-corrected chi connectivity index (χ1v) is 7.51. The zero-order chi connectivity index (χ0) is 19.0. The van der Waals surface area contributed by atoms with Crippen molar-refractivity contribution in [2.24, 2.45) is 17.4 Å². The van der Waals surface area contributed by atoms with Crippen LogP contribution in [0.25, 0.3) is 0 Å². The van der Waals surface area contributed by atoms with Crippen LogP contribution < -0.4 is 22.1 Å². The van der Waals surface area contributed by atoms with Crippen LogP contribution in [0.3, 0.4) is 0 Å². The number of carbonyl (C=O) groups is 4. The molecule has 24 heavy (non-hydrogen) atoms. The lowest BCUT2D eigenvalue weighted by molar-refractivity contribution is -0.144. The zero-order valence-electron chi connectivity index (χ0n) is 14.0. The number of primary amides is 1. The van der Waals surface area contributed by atoms with Crippen molar-refractivity contribution in [3.8, 4) is 0 Å². The fourth-order valence-electron chi connectivity index (χ4n) is 1.94. The standard InChI is InChI=1S/C14H26N4O6/c1-6(2)4-8(15)12(21)18-11(7(3)19)13(22)17-9(14(23)24)5-10(16)20/h6-9,11,19H,4-5,15H2,1-3H3,(H2,16,20)(H,17,22)(H,18,21)(H,23,24). The van der Waals surface area contributed by atoms with E-state index in [1.165, 1.54) is 6.92 Å². The van der Waals surface area contributed by atoms with Crippen LogP contribution in [-0.4, -0.2) is 58.1 Å². The maximum atomic E-state index is 12.1. The summed E-state index contributed by atoms with van der Waals surface area (Å²) >= 11 is 0. The van der Waals surface area contributed by atoms with E-state index < -0.39 is 54.3 Å². The summed E-state index contributed by atoms with van der Waals surface area (Å²) in [5.41, 5.74) is 10.6. The molecule has 0 aromatic heterocycles. The highest BCUT2D eigenvalue weighted by molar-refractivity contribution is 5.93. The number of nitrogens with two attached hydrogens (primary N) is 2. The smallest absolute Gasteiger partial charge is 0.326 e. The monoisotopic (exact) mass is 346 g/mol. The molecule has 0 saturated heterocycles. The number of carboxylic acid groups (broad SMARTS) is 1. The highest BCUT2D eigenvalue weighted by atomic mass is 16.4. The van der Waals surface area contributed by atoms with Crippen molar-refractivity contribution >= 4 is 23.7 Å². The summed E-state index contributed by atoms with van der Waals surface area (Å²) in [6.07, 6.45) is -1.54. The number of carbonyl (C=O) groups excluding carboxylic acids is 3. The molecule has 3 amide bonds. The van der Waals surface area contributed by atoms with E-state index in [-0.39, 0.29) is 5.92 Å². The highest BCUT2D eigenvalue weighted by Gasteiger charge is 2.31. The number of hydrogen-bond acceptors (Lipinski definition) is 6. The van der Waals surface area contributed by atoms with E-state index in [0.29, 0.717) is 6.42 Å². The van der Waals surface area contributed by atoms with E-state index in [1.54, 1.807) is 0 Å². The van der Waals surface area contributed by atoms with Crippen LogP contribution in [0.1, 0.15) is 33.6 Å². The van der Waals surface area contributed by atoms with Gasteiger partial charge in [0, 0.05) is 0 Å². The van der Waals surface area contributed by atoms with E-state index in [2.05, 4.69) is 10.6 Å². The average molecular weight is 346 g/mol. The molecule has 0 fully saturated rings. The molecule has 4 unspecified atom stereocenters. The van der Waals surface area contributed by atoms with E-state index in [4.69, 9.17) is 16.6 Å². The molecular formula is C14H26N4O6. The fraction of sp³-hybridized carbons (Fsp3) is 0.714. The number of rotatable bonds is 10. The molecule has 0 spiro atoms. The van der Waals surface area contributed by atoms with Crippen molar-refractivity contribution in [1.82, 2.24) is 10.6 Å². The first kappa shape index (κ1) is 21.8. The summed E-state index contributed by atoms with van der Waals surface area (Å²) in [6, 6.07) is -3.84. The van der Waals surface area contributed by atoms with Crippen LogP contribution in [0.4, 0.5) is 0 Å². The van der Waals surface area contributed by atoms with Gasteiger partial charge in [0.15, 0.2) is 0 Å². The van der Waals surface area contributed by atoms with Gasteiger partial charge in [0.05, 0.1) is 18.6 Å². The Morgan fingerprint density at radius 2 is 1.58 bits per heavy atom. The topological polar surface area (TPSA) is 185 Å². The molecule has 8 N–H and O–H groups in total. The van der Waals surface area contributed by atoms with E-state index >= 15 is 0 Å². The molecule has 0 saturated carbocycles. The first-order chi connectivity index (χ1) is 11.0. The largest absolute Gasteiger partial charge is 0.480 e. The van der Waals surface area contributed by atoms with Gasteiger partial charge in [0.2, 0.25) is 17.7 Å². The summed E-state index contributed by atoms with van der Waals surface area (Å²) < 4.78 is 0. The van der Waals surface area contributed by atoms with Crippen molar-refractivity contribution in [3.05, 3.63) is 0 Å². The normalized spacial score (nSPS) is 15.9. The first-order valence-electron chi connectivity index (χ1n) is 7.51. The molecule has 0 aliphatic heterocycles. The van der Waals surface area contributed by atoms with E-state index in [1.807, 2.05) is 13.8 Å².